The van der Waals surface area contributed by atoms with Crippen molar-refractivity contribution in [2.75, 3.05) is 6.54 Å². The lowest BCUT2D eigenvalue weighted by atomic mass is 10.0. The molecule has 0 aliphatic carbocycles. The van der Waals surface area contributed by atoms with Crippen LogP contribution in [0.25, 0.3) is 0 Å². The van der Waals surface area contributed by atoms with Gasteiger partial charge >= 0.3 is 0 Å². The van der Waals surface area contributed by atoms with E-state index in [1.165, 1.54) is 5.69 Å². The van der Waals surface area contributed by atoms with Crippen LogP contribution in [0.4, 0.5) is 0 Å². The maximum absolute atomic E-state index is 5.55. The standard InChI is InChI=1S/C17H22N4S/c1-4-20-16(14-9-7-11-21(14)12(2)3)15(19-17(20)22)13-8-5-6-10-18-13/h5-12,15-16H,4H2,1-3H3,(H,19,22)/t15-,16-/m0/s1. The Hall–Kier alpha value is -1.88. The van der Waals surface area contributed by atoms with Crippen LogP contribution in [-0.4, -0.2) is 26.1 Å². The average Bonchev–Trinajstić information content (AvgIpc) is 3.11. The minimum atomic E-state index is 0.0843. The van der Waals surface area contributed by atoms with Crippen molar-refractivity contribution >= 4 is 17.3 Å². The van der Waals surface area contributed by atoms with Gasteiger partial charge in [-0.25, -0.2) is 0 Å². The van der Waals surface area contributed by atoms with Crippen molar-refractivity contribution in [3.05, 3.63) is 54.1 Å². The second kappa shape index (κ2) is 6.08. The molecule has 2 atom stereocenters. The number of nitrogens with one attached hydrogen (secondary N) is 1. The molecule has 1 saturated heterocycles. The van der Waals surface area contributed by atoms with Crippen LogP contribution in [0.3, 0.4) is 0 Å². The number of hydrogen-bond acceptors (Lipinski definition) is 2. The van der Waals surface area contributed by atoms with E-state index in [9.17, 15) is 0 Å². The normalized spacial score (nSPS) is 21.5. The number of nitrogens with zero attached hydrogens (tertiary/aromatic N) is 3. The molecule has 2 aromatic rings. The second-order valence-corrected chi connectivity index (χ2v) is 6.23. The largest absolute Gasteiger partial charge is 0.352 e. The Morgan fingerprint density at radius 2 is 2.09 bits per heavy atom. The van der Waals surface area contributed by atoms with Gasteiger partial charge in [-0.05, 0) is 57.3 Å². The lowest BCUT2D eigenvalue weighted by Gasteiger charge is -2.28. The number of likely N-dealkylation sites (N-methyl/N-ethyl adjacent to an activating group) is 1. The van der Waals surface area contributed by atoms with E-state index in [0.717, 1.165) is 17.4 Å². The summed E-state index contributed by atoms with van der Waals surface area (Å²) in [6.07, 6.45) is 3.98. The SMILES string of the molecule is CCN1C(=S)N[C@@H](c2ccccn2)[C@@H]1c1cccn1C(C)C. The molecular formula is C17H22N4S. The van der Waals surface area contributed by atoms with E-state index >= 15 is 0 Å². The highest BCUT2D eigenvalue weighted by Crippen LogP contribution is 2.39. The summed E-state index contributed by atoms with van der Waals surface area (Å²) in [7, 11) is 0. The molecule has 0 spiro atoms. The summed E-state index contributed by atoms with van der Waals surface area (Å²) in [6.45, 7) is 7.43. The molecule has 0 saturated carbocycles. The summed E-state index contributed by atoms with van der Waals surface area (Å²) < 4.78 is 2.32. The van der Waals surface area contributed by atoms with Crippen molar-refractivity contribution < 1.29 is 0 Å². The van der Waals surface area contributed by atoms with Crippen LogP contribution in [-0.2, 0) is 0 Å². The van der Waals surface area contributed by atoms with Crippen molar-refractivity contribution in [3.8, 4) is 0 Å². The van der Waals surface area contributed by atoms with Crippen LogP contribution < -0.4 is 5.32 Å². The highest BCUT2D eigenvalue weighted by atomic mass is 32.1. The first-order valence-corrected chi connectivity index (χ1v) is 8.19. The number of rotatable bonds is 4. The molecule has 1 aliphatic rings. The molecule has 0 amide bonds. The Morgan fingerprint density at radius 1 is 1.27 bits per heavy atom. The molecule has 0 aromatic carbocycles. The van der Waals surface area contributed by atoms with E-state index < -0.39 is 0 Å². The Bertz CT molecular complexity index is 650. The fourth-order valence-electron chi connectivity index (χ4n) is 3.20. The van der Waals surface area contributed by atoms with Crippen molar-refractivity contribution in [1.29, 1.82) is 0 Å². The van der Waals surface area contributed by atoms with Gasteiger partial charge in [0.15, 0.2) is 5.11 Å². The van der Waals surface area contributed by atoms with Gasteiger partial charge in [-0.2, -0.15) is 0 Å². The van der Waals surface area contributed by atoms with E-state index in [0.29, 0.717) is 6.04 Å². The molecule has 5 heteroatoms. The predicted octanol–water partition coefficient (Wildman–Crippen LogP) is 3.46. The van der Waals surface area contributed by atoms with Crippen LogP contribution in [0.1, 0.15) is 50.3 Å². The monoisotopic (exact) mass is 314 g/mol. The predicted molar refractivity (Wildman–Crippen MR) is 92.6 cm³/mol. The lowest BCUT2D eigenvalue weighted by Crippen LogP contribution is -2.30. The third kappa shape index (κ3) is 2.50. The number of hydrogen-bond donors (Lipinski definition) is 1. The Morgan fingerprint density at radius 3 is 2.73 bits per heavy atom. The molecule has 0 bridgehead atoms. The van der Waals surface area contributed by atoms with Crippen LogP contribution in [0.2, 0.25) is 0 Å². The Balaban J connectivity index is 2.06. The van der Waals surface area contributed by atoms with Crippen LogP contribution in [0.5, 0.6) is 0 Å². The van der Waals surface area contributed by atoms with Gasteiger partial charge in [0.25, 0.3) is 0 Å². The Labute approximate surface area is 137 Å². The first kappa shape index (κ1) is 15.0. The second-order valence-electron chi connectivity index (χ2n) is 5.85. The smallest absolute Gasteiger partial charge is 0.170 e. The summed E-state index contributed by atoms with van der Waals surface area (Å²) in [6, 6.07) is 11.0. The van der Waals surface area contributed by atoms with Gasteiger partial charge in [0.1, 0.15) is 0 Å². The topological polar surface area (TPSA) is 33.1 Å². The zero-order valence-corrected chi connectivity index (χ0v) is 14.0. The molecule has 3 heterocycles. The fraction of sp³-hybridized carbons (Fsp3) is 0.412. The third-order valence-electron chi connectivity index (χ3n) is 4.21. The molecule has 1 N–H and O–H groups in total. The van der Waals surface area contributed by atoms with E-state index in [1.54, 1.807) is 0 Å². The van der Waals surface area contributed by atoms with Gasteiger partial charge in [-0.1, -0.05) is 6.07 Å². The minimum Gasteiger partial charge on any atom is -0.352 e. The van der Waals surface area contributed by atoms with Gasteiger partial charge in [-0.3, -0.25) is 4.98 Å². The molecule has 1 fully saturated rings. The quantitative estimate of drug-likeness (QED) is 0.876. The summed E-state index contributed by atoms with van der Waals surface area (Å²) in [5.74, 6) is 0. The van der Waals surface area contributed by atoms with Gasteiger partial charge in [0, 0.05) is 30.7 Å². The third-order valence-corrected chi connectivity index (χ3v) is 4.56. The number of thiocarbonyl (C=S) groups is 1. The fourth-order valence-corrected chi connectivity index (χ4v) is 3.57. The van der Waals surface area contributed by atoms with E-state index in [2.05, 4.69) is 64.9 Å². The summed E-state index contributed by atoms with van der Waals surface area (Å²) in [4.78, 5) is 6.79. The molecular weight excluding hydrogens is 292 g/mol. The van der Waals surface area contributed by atoms with Gasteiger partial charge in [-0.15, -0.1) is 0 Å². The first-order chi connectivity index (χ1) is 10.6. The lowest BCUT2D eigenvalue weighted by molar-refractivity contribution is 0.311. The molecule has 4 nitrogen and oxygen atoms in total. The zero-order chi connectivity index (χ0) is 15.7. The van der Waals surface area contributed by atoms with Crippen LogP contribution in [0.15, 0.2) is 42.7 Å². The van der Waals surface area contributed by atoms with Crippen molar-refractivity contribution in [1.82, 2.24) is 19.8 Å². The summed E-state index contributed by atoms with van der Waals surface area (Å²) in [5.41, 5.74) is 2.31. The molecule has 0 radical (unpaired) electrons. The zero-order valence-electron chi connectivity index (χ0n) is 13.2. The summed E-state index contributed by atoms with van der Waals surface area (Å²) >= 11 is 5.55. The minimum absolute atomic E-state index is 0.0843. The van der Waals surface area contributed by atoms with Crippen molar-refractivity contribution in [2.45, 2.75) is 38.9 Å². The van der Waals surface area contributed by atoms with Gasteiger partial charge in [0.2, 0.25) is 0 Å². The van der Waals surface area contributed by atoms with Crippen molar-refractivity contribution in [2.24, 2.45) is 0 Å². The summed E-state index contributed by atoms with van der Waals surface area (Å²) in [5, 5.41) is 4.26. The maximum atomic E-state index is 5.55. The highest BCUT2D eigenvalue weighted by Gasteiger charge is 2.40. The van der Waals surface area contributed by atoms with E-state index in [4.69, 9.17) is 12.2 Å². The molecule has 1 aliphatic heterocycles. The molecule has 22 heavy (non-hydrogen) atoms. The first-order valence-electron chi connectivity index (χ1n) is 7.78. The maximum Gasteiger partial charge on any atom is 0.170 e. The van der Waals surface area contributed by atoms with Gasteiger partial charge < -0.3 is 14.8 Å². The van der Waals surface area contributed by atoms with Crippen molar-refractivity contribution in [3.63, 3.8) is 0 Å². The number of aromatic nitrogens is 2. The number of pyridine rings is 1. The van der Waals surface area contributed by atoms with Gasteiger partial charge in [0.05, 0.1) is 17.8 Å². The highest BCUT2D eigenvalue weighted by molar-refractivity contribution is 7.80. The molecule has 116 valence electrons. The van der Waals surface area contributed by atoms with E-state index in [-0.39, 0.29) is 12.1 Å². The molecule has 0 unspecified atom stereocenters. The van der Waals surface area contributed by atoms with Crippen LogP contribution in [0, 0.1) is 0 Å². The average molecular weight is 314 g/mol. The molecule has 3 rings (SSSR count). The molecule has 2 aromatic heterocycles. The van der Waals surface area contributed by atoms with E-state index in [1.807, 2.05) is 18.3 Å². The van der Waals surface area contributed by atoms with Crippen LogP contribution >= 0.6 is 12.2 Å². The Kier molecular flexibility index (Phi) is 4.16.